The topological polar surface area (TPSA) is 61.8 Å². The van der Waals surface area contributed by atoms with Gasteiger partial charge in [0.2, 0.25) is 0 Å². The lowest BCUT2D eigenvalue weighted by Crippen LogP contribution is -2.24. The highest BCUT2D eigenvalue weighted by Crippen LogP contribution is 2.27. The minimum atomic E-state index is -0.169. The van der Waals surface area contributed by atoms with Gasteiger partial charge >= 0.3 is 11.9 Å². The molecule has 0 spiro atoms. The summed E-state index contributed by atoms with van der Waals surface area (Å²) in [6.45, 7) is 9.87. The van der Waals surface area contributed by atoms with Crippen LogP contribution in [0.25, 0.3) is 0 Å². The van der Waals surface area contributed by atoms with Crippen LogP contribution in [0.2, 0.25) is 0 Å². The Morgan fingerprint density at radius 1 is 1.14 bits per heavy atom. The number of halogens is 1. The molecule has 0 N–H and O–H groups in total. The van der Waals surface area contributed by atoms with Crippen LogP contribution in [0.3, 0.4) is 0 Å². The van der Waals surface area contributed by atoms with E-state index in [1.807, 2.05) is 26.0 Å². The van der Waals surface area contributed by atoms with E-state index < -0.39 is 0 Å². The van der Waals surface area contributed by atoms with Crippen molar-refractivity contribution >= 4 is 39.6 Å². The predicted molar refractivity (Wildman–Crippen MR) is 122 cm³/mol. The molecule has 1 rings (SSSR count). The Morgan fingerprint density at radius 3 is 2.52 bits per heavy atom. The SMILES string of the molecule is CCOC(=O)CCc1cccc(C(Br)COCC(C)(C)CSCC(=O)OCC)c1. The smallest absolute Gasteiger partial charge is 0.315 e. The Bertz CT molecular complexity index is 635. The van der Waals surface area contributed by atoms with Gasteiger partial charge in [-0.15, -0.1) is 11.8 Å². The first-order chi connectivity index (χ1) is 13.8. The molecule has 0 fully saturated rings. The summed E-state index contributed by atoms with van der Waals surface area (Å²) in [6, 6.07) is 8.17. The first-order valence-electron chi connectivity index (χ1n) is 9.97. The summed E-state index contributed by atoms with van der Waals surface area (Å²) < 4.78 is 15.9. The quantitative estimate of drug-likeness (QED) is 0.272. The number of hydrogen-bond donors (Lipinski definition) is 0. The molecule has 0 aliphatic rings. The number of carbonyl (C=O) groups is 2. The molecule has 0 heterocycles. The van der Waals surface area contributed by atoms with E-state index in [-0.39, 0.29) is 22.2 Å². The number of benzene rings is 1. The first kappa shape index (κ1) is 26.0. The monoisotopic (exact) mass is 488 g/mol. The number of aryl methyl sites for hydroxylation is 1. The largest absolute Gasteiger partial charge is 0.466 e. The van der Waals surface area contributed by atoms with Gasteiger partial charge < -0.3 is 14.2 Å². The summed E-state index contributed by atoms with van der Waals surface area (Å²) in [6.07, 6.45) is 1.05. The molecule has 1 aromatic carbocycles. The molecule has 1 atom stereocenters. The minimum Gasteiger partial charge on any atom is -0.466 e. The summed E-state index contributed by atoms with van der Waals surface area (Å²) in [5.74, 6) is 0.858. The van der Waals surface area contributed by atoms with E-state index in [1.165, 1.54) is 0 Å². The molecule has 0 saturated carbocycles. The lowest BCUT2D eigenvalue weighted by molar-refractivity contribution is -0.143. The van der Waals surface area contributed by atoms with Gasteiger partial charge in [0.05, 0.1) is 37.0 Å². The summed E-state index contributed by atoms with van der Waals surface area (Å²) in [7, 11) is 0. The third-order valence-corrected chi connectivity index (χ3v) is 6.23. The van der Waals surface area contributed by atoms with Crippen LogP contribution in [0.4, 0.5) is 0 Å². The molecular formula is C22H33BrO5S. The predicted octanol–water partition coefficient (Wildman–Crippen LogP) is 4.96. The van der Waals surface area contributed by atoms with Crippen molar-refractivity contribution in [1.82, 2.24) is 0 Å². The molecule has 0 aromatic heterocycles. The molecule has 5 nitrogen and oxygen atoms in total. The van der Waals surface area contributed by atoms with E-state index in [0.29, 0.717) is 45.0 Å². The Hall–Kier alpha value is -1.05. The zero-order chi connectivity index (χ0) is 21.7. The van der Waals surface area contributed by atoms with Crippen LogP contribution in [0, 0.1) is 5.41 Å². The maximum absolute atomic E-state index is 11.5. The number of esters is 2. The van der Waals surface area contributed by atoms with Gasteiger partial charge in [-0.05, 0) is 36.8 Å². The molecule has 1 aromatic rings. The van der Waals surface area contributed by atoms with Crippen LogP contribution in [-0.4, -0.2) is 49.9 Å². The van der Waals surface area contributed by atoms with Crippen molar-refractivity contribution in [2.45, 2.75) is 45.4 Å². The van der Waals surface area contributed by atoms with Crippen molar-refractivity contribution < 1.29 is 23.8 Å². The number of rotatable bonds is 14. The highest BCUT2D eigenvalue weighted by atomic mass is 79.9. The number of carbonyl (C=O) groups excluding carboxylic acids is 2. The fourth-order valence-corrected chi connectivity index (χ4v) is 4.07. The molecule has 0 aliphatic heterocycles. The van der Waals surface area contributed by atoms with Crippen LogP contribution >= 0.6 is 27.7 Å². The van der Waals surface area contributed by atoms with Crippen LogP contribution in [0.15, 0.2) is 24.3 Å². The fourth-order valence-electron chi connectivity index (χ4n) is 2.61. The van der Waals surface area contributed by atoms with Crippen molar-refractivity contribution in [2.75, 3.05) is 37.9 Å². The van der Waals surface area contributed by atoms with E-state index in [9.17, 15) is 9.59 Å². The number of thioether (sulfide) groups is 1. The third kappa shape index (κ3) is 11.6. The van der Waals surface area contributed by atoms with Gasteiger partial charge in [-0.2, -0.15) is 0 Å². The maximum atomic E-state index is 11.5. The van der Waals surface area contributed by atoms with Crippen molar-refractivity contribution in [3.63, 3.8) is 0 Å². The lowest BCUT2D eigenvalue weighted by atomic mass is 9.98. The second-order valence-corrected chi connectivity index (χ2v) is 9.59. The van der Waals surface area contributed by atoms with Crippen molar-refractivity contribution in [3.8, 4) is 0 Å². The minimum absolute atomic E-state index is 0.0363. The summed E-state index contributed by atoms with van der Waals surface area (Å²) in [5, 5.41) is 0. The van der Waals surface area contributed by atoms with E-state index >= 15 is 0 Å². The zero-order valence-electron chi connectivity index (χ0n) is 17.9. The van der Waals surface area contributed by atoms with Crippen LogP contribution in [0.5, 0.6) is 0 Å². The van der Waals surface area contributed by atoms with Crippen molar-refractivity contribution in [2.24, 2.45) is 5.41 Å². The van der Waals surface area contributed by atoms with Gasteiger partial charge in [0.25, 0.3) is 0 Å². The van der Waals surface area contributed by atoms with Crippen molar-refractivity contribution in [1.29, 1.82) is 0 Å². The Kier molecular flexibility index (Phi) is 12.6. The van der Waals surface area contributed by atoms with Gasteiger partial charge in [-0.3, -0.25) is 9.59 Å². The van der Waals surface area contributed by atoms with E-state index in [4.69, 9.17) is 14.2 Å². The van der Waals surface area contributed by atoms with Gasteiger partial charge in [0.15, 0.2) is 0 Å². The molecule has 164 valence electrons. The zero-order valence-corrected chi connectivity index (χ0v) is 20.3. The van der Waals surface area contributed by atoms with Gasteiger partial charge in [-0.1, -0.05) is 54.0 Å². The summed E-state index contributed by atoms with van der Waals surface area (Å²) >= 11 is 5.27. The number of hydrogen-bond acceptors (Lipinski definition) is 6. The van der Waals surface area contributed by atoms with Gasteiger partial charge in [-0.25, -0.2) is 0 Å². The highest BCUT2D eigenvalue weighted by molar-refractivity contribution is 9.09. The van der Waals surface area contributed by atoms with E-state index in [1.54, 1.807) is 11.8 Å². The Balaban J connectivity index is 2.39. The maximum Gasteiger partial charge on any atom is 0.315 e. The third-order valence-electron chi connectivity index (χ3n) is 4.01. The second-order valence-electron chi connectivity index (χ2n) is 7.49. The molecule has 0 saturated heterocycles. The van der Waals surface area contributed by atoms with E-state index in [0.717, 1.165) is 16.9 Å². The van der Waals surface area contributed by atoms with Gasteiger partial charge in [0.1, 0.15) is 0 Å². The lowest BCUT2D eigenvalue weighted by Gasteiger charge is -2.24. The number of ether oxygens (including phenoxy) is 3. The second kappa shape index (κ2) is 14.0. The molecule has 0 amide bonds. The fraction of sp³-hybridized carbons (Fsp3) is 0.636. The summed E-state index contributed by atoms with van der Waals surface area (Å²) in [5.41, 5.74) is 2.20. The molecule has 29 heavy (non-hydrogen) atoms. The molecular weight excluding hydrogens is 456 g/mol. The van der Waals surface area contributed by atoms with Crippen molar-refractivity contribution in [3.05, 3.63) is 35.4 Å². The first-order valence-corrected chi connectivity index (χ1v) is 12.0. The average molecular weight is 489 g/mol. The van der Waals surface area contributed by atoms with Crippen LogP contribution < -0.4 is 0 Å². The standard InChI is InChI=1S/C22H33BrO5S/c1-5-27-20(24)11-10-17-8-7-9-18(12-17)19(23)13-26-15-22(3,4)16-29-14-21(25)28-6-2/h7-9,12,19H,5-6,10-11,13-16H2,1-4H3. The molecule has 0 aliphatic carbocycles. The van der Waals surface area contributed by atoms with Crippen LogP contribution in [0.1, 0.15) is 50.1 Å². The Morgan fingerprint density at radius 2 is 1.83 bits per heavy atom. The highest BCUT2D eigenvalue weighted by Gasteiger charge is 2.20. The normalized spacial score (nSPS) is 12.4. The Labute approximate surface area is 187 Å². The number of alkyl halides is 1. The van der Waals surface area contributed by atoms with E-state index in [2.05, 4.69) is 41.9 Å². The summed E-state index contributed by atoms with van der Waals surface area (Å²) in [4.78, 5) is 23.0. The van der Waals surface area contributed by atoms with Gasteiger partial charge in [0, 0.05) is 12.2 Å². The molecule has 0 radical (unpaired) electrons. The molecule has 7 heteroatoms. The molecule has 1 unspecified atom stereocenters. The average Bonchev–Trinajstić information content (AvgIpc) is 2.66. The van der Waals surface area contributed by atoms with Crippen LogP contribution in [-0.2, 0) is 30.2 Å². The molecule has 0 bridgehead atoms.